The summed E-state index contributed by atoms with van der Waals surface area (Å²) in [6.45, 7) is 3.64. The van der Waals surface area contributed by atoms with Gasteiger partial charge in [-0.15, -0.1) is 0 Å². The predicted molar refractivity (Wildman–Crippen MR) is 113 cm³/mol. The highest BCUT2D eigenvalue weighted by Crippen LogP contribution is 2.19. The number of benzene rings is 2. The van der Waals surface area contributed by atoms with Crippen LogP contribution in [0.4, 0.5) is 4.39 Å². The Kier molecular flexibility index (Phi) is 7.44. The van der Waals surface area contributed by atoms with Crippen LogP contribution in [0.2, 0.25) is 0 Å². The first kappa shape index (κ1) is 21.8. The van der Waals surface area contributed by atoms with Crippen LogP contribution in [-0.2, 0) is 16.1 Å². The van der Waals surface area contributed by atoms with Gasteiger partial charge in [0.25, 0.3) is 5.91 Å². The van der Waals surface area contributed by atoms with E-state index in [1.807, 2.05) is 31.2 Å². The average molecular weight is 413 g/mol. The van der Waals surface area contributed by atoms with Gasteiger partial charge in [-0.05, 0) is 44.4 Å². The van der Waals surface area contributed by atoms with Gasteiger partial charge in [0.2, 0.25) is 5.91 Å². The molecule has 2 amide bonds. The van der Waals surface area contributed by atoms with E-state index in [4.69, 9.17) is 4.74 Å². The first-order valence-electron chi connectivity index (χ1n) is 10.5. The van der Waals surface area contributed by atoms with Crippen molar-refractivity contribution in [3.8, 4) is 5.75 Å². The Balaban J connectivity index is 1.72. The molecule has 0 saturated heterocycles. The molecule has 5 nitrogen and oxygen atoms in total. The van der Waals surface area contributed by atoms with E-state index in [2.05, 4.69) is 5.32 Å². The van der Waals surface area contributed by atoms with Crippen LogP contribution in [0.3, 0.4) is 0 Å². The van der Waals surface area contributed by atoms with E-state index in [0.717, 1.165) is 36.8 Å². The summed E-state index contributed by atoms with van der Waals surface area (Å²) in [4.78, 5) is 27.3. The summed E-state index contributed by atoms with van der Waals surface area (Å²) in [5.74, 6) is -1.05. The highest BCUT2D eigenvalue weighted by Gasteiger charge is 2.28. The van der Waals surface area contributed by atoms with Crippen LogP contribution < -0.4 is 10.1 Å². The molecule has 1 atom stereocenters. The van der Waals surface area contributed by atoms with Crippen molar-refractivity contribution >= 4 is 11.8 Å². The number of carbonyl (C=O) groups is 2. The molecule has 2 aromatic carbocycles. The van der Waals surface area contributed by atoms with Crippen LogP contribution >= 0.6 is 0 Å². The highest BCUT2D eigenvalue weighted by atomic mass is 19.1. The van der Waals surface area contributed by atoms with Crippen LogP contribution in [0.1, 0.15) is 43.7 Å². The molecule has 0 aliphatic heterocycles. The monoisotopic (exact) mass is 412 g/mol. The molecule has 1 aliphatic rings. The van der Waals surface area contributed by atoms with E-state index >= 15 is 0 Å². The summed E-state index contributed by atoms with van der Waals surface area (Å²) in [7, 11) is 0. The molecule has 0 bridgehead atoms. The molecule has 1 N–H and O–H groups in total. The zero-order valence-electron chi connectivity index (χ0n) is 17.6. The van der Waals surface area contributed by atoms with Crippen molar-refractivity contribution in [2.75, 3.05) is 6.61 Å². The zero-order valence-corrected chi connectivity index (χ0v) is 17.6. The molecule has 0 aromatic heterocycles. The number of para-hydroxylation sites is 1. The van der Waals surface area contributed by atoms with Crippen LogP contribution in [0.15, 0.2) is 48.5 Å². The third-order valence-electron chi connectivity index (χ3n) is 5.49. The third-order valence-corrected chi connectivity index (χ3v) is 5.49. The second-order valence-electron chi connectivity index (χ2n) is 7.90. The van der Waals surface area contributed by atoms with Crippen molar-refractivity contribution < 1.29 is 18.7 Å². The molecule has 6 heteroatoms. The van der Waals surface area contributed by atoms with E-state index in [9.17, 15) is 14.0 Å². The Morgan fingerprint density at radius 3 is 2.60 bits per heavy atom. The Labute approximate surface area is 177 Å². The Hall–Kier alpha value is -2.89. The zero-order chi connectivity index (χ0) is 21.5. The van der Waals surface area contributed by atoms with Gasteiger partial charge in [0, 0.05) is 12.6 Å². The van der Waals surface area contributed by atoms with Crippen molar-refractivity contribution in [2.45, 2.75) is 58.2 Å². The van der Waals surface area contributed by atoms with Crippen LogP contribution in [0.25, 0.3) is 0 Å². The number of halogens is 1. The molecule has 0 radical (unpaired) electrons. The van der Waals surface area contributed by atoms with E-state index in [-0.39, 0.29) is 36.8 Å². The van der Waals surface area contributed by atoms with Gasteiger partial charge < -0.3 is 15.0 Å². The summed E-state index contributed by atoms with van der Waals surface area (Å²) >= 11 is 0. The van der Waals surface area contributed by atoms with Crippen molar-refractivity contribution in [2.24, 2.45) is 0 Å². The van der Waals surface area contributed by atoms with Crippen molar-refractivity contribution in [1.29, 1.82) is 0 Å². The summed E-state index contributed by atoms with van der Waals surface area (Å²) in [6, 6.07) is 13.3. The van der Waals surface area contributed by atoms with Gasteiger partial charge in [-0.25, -0.2) is 4.39 Å². The summed E-state index contributed by atoms with van der Waals surface area (Å²) < 4.78 is 19.2. The SMILES string of the molecule is Cc1cccc(CN(C(=O)COc2ccccc2F)[C@H](C)C(=O)NC2CCCC2)c1. The molecular formula is C24H29FN2O3. The van der Waals surface area contributed by atoms with E-state index in [1.54, 1.807) is 19.1 Å². The molecule has 2 aromatic rings. The number of nitrogens with one attached hydrogen (secondary N) is 1. The minimum atomic E-state index is -0.664. The molecule has 0 heterocycles. The number of amides is 2. The fourth-order valence-corrected chi connectivity index (χ4v) is 3.77. The fourth-order valence-electron chi connectivity index (χ4n) is 3.77. The largest absolute Gasteiger partial charge is 0.481 e. The Morgan fingerprint density at radius 1 is 1.17 bits per heavy atom. The molecule has 1 fully saturated rings. The standard InChI is InChI=1S/C24H29FN2O3/c1-17-8-7-9-19(14-17)15-27(18(2)24(29)26-20-10-3-4-11-20)23(28)16-30-22-13-6-5-12-21(22)25/h5-9,12-14,18,20H,3-4,10-11,15-16H2,1-2H3,(H,26,29)/t18-/m1/s1. The number of hydrogen-bond acceptors (Lipinski definition) is 3. The number of hydrogen-bond donors (Lipinski definition) is 1. The maximum absolute atomic E-state index is 13.8. The van der Waals surface area contributed by atoms with Crippen LogP contribution in [0, 0.1) is 12.7 Å². The first-order valence-corrected chi connectivity index (χ1v) is 10.5. The van der Waals surface area contributed by atoms with E-state index in [1.165, 1.54) is 17.0 Å². The Morgan fingerprint density at radius 2 is 1.90 bits per heavy atom. The first-order chi connectivity index (χ1) is 14.4. The molecule has 1 aliphatic carbocycles. The van der Waals surface area contributed by atoms with E-state index in [0.29, 0.717) is 0 Å². The molecule has 0 spiro atoms. The lowest BCUT2D eigenvalue weighted by molar-refractivity contribution is -0.142. The molecule has 3 rings (SSSR count). The molecular weight excluding hydrogens is 383 g/mol. The van der Waals surface area contributed by atoms with Crippen molar-refractivity contribution in [3.05, 3.63) is 65.5 Å². The summed E-state index contributed by atoms with van der Waals surface area (Å²) in [5.41, 5.74) is 2.00. The maximum Gasteiger partial charge on any atom is 0.261 e. The minimum absolute atomic E-state index is 0.0180. The number of aryl methyl sites for hydroxylation is 1. The quantitative estimate of drug-likeness (QED) is 0.713. The van der Waals surface area contributed by atoms with Gasteiger partial charge in [0.05, 0.1) is 0 Å². The fraction of sp³-hybridized carbons (Fsp3) is 0.417. The summed E-state index contributed by atoms with van der Waals surface area (Å²) in [5, 5.41) is 3.06. The van der Waals surface area contributed by atoms with Gasteiger partial charge in [0.1, 0.15) is 6.04 Å². The summed E-state index contributed by atoms with van der Waals surface area (Å²) in [6.07, 6.45) is 4.17. The van der Waals surface area contributed by atoms with Gasteiger partial charge >= 0.3 is 0 Å². The van der Waals surface area contributed by atoms with Gasteiger partial charge in [-0.3, -0.25) is 9.59 Å². The maximum atomic E-state index is 13.8. The Bertz CT molecular complexity index is 880. The predicted octanol–water partition coefficient (Wildman–Crippen LogP) is 3.99. The van der Waals surface area contributed by atoms with Crippen molar-refractivity contribution in [1.82, 2.24) is 10.2 Å². The lowest BCUT2D eigenvalue weighted by Crippen LogP contribution is -2.50. The average Bonchev–Trinajstić information content (AvgIpc) is 3.24. The smallest absolute Gasteiger partial charge is 0.261 e. The van der Waals surface area contributed by atoms with Gasteiger partial charge in [-0.2, -0.15) is 0 Å². The van der Waals surface area contributed by atoms with Crippen LogP contribution in [-0.4, -0.2) is 35.4 Å². The number of nitrogens with zero attached hydrogens (tertiary/aromatic N) is 1. The number of carbonyl (C=O) groups excluding carboxylic acids is 2. The number of ether oxygens (including phenoxy) is 1. The molecule has 160 valence electrons. The lowest BCUT2D eigenvalue weighted by Gasteiger charge is -2.29. The second kappa shape index (κ2) is 10.2. The van der Waals surface area contributed by atoms with Crippen molar-refractivity contribution in [3.63, 3.8) is 0 Å². The van der Waals surface area contributed by atoms with E-state index < -0.39 is 11.9 Å². The normalized spacial score (nSPS) is 14.9. The number of rotatable bonds is 8. The lowest BCUT2D eigenvalue weighted by atomic mass is 10.1. The van der Waals surface area contributed by atoms with Gasteiger partial charge in [-0.1, -0.05) is 54.8 Å². The van der Waals surface area contributed by atoms with Gasteiger partial charge in [0.15, 0.2) is 18.2 Å². The molecule has 30 heavy (non-hydrogen) atoms. The highest BCUT2D eigenvalue weighted by molar-refractivity contribution is 5.88. The third kappa shape index (κ3) is 5.81. The minimum Gasteiger partial charge on any atom is -0.481 e. The molecule has 1 saturated carbocycles. The second-order valence-corrected chi connectivity index (χ2v) is 7.90. The van der Waals surface area contributed by atoms with Crippen LogP contribution in [0.5, 0.6) is 5.75 Å². The topological polar surface area (TPSA) is 58.6 Å². The molecule has 0 unspecified atom stereocenters.